The summed E-state index contributed by atoms with van der Waals surface area (Å²) in [6, 6.07) is 6.75. The van der Waals surface area contributed by atoms with Crippen LogP contribution in [0.3, 0.4) is 0 Å². The Hall–Kier alpha value is -4.21. The van der Waals surface area contributed by atoms with Gasteiger partial charge in [0.1, 0.15) is 29.4 Å². The number of carbonyl (C=O) groups is 2. The largest absolute Gasteiger partial charge is 0.366 e. The summed E-state index contributed by atoms with van der Waals surface area (Å²) in [6.45, 7) is 0. The monoisotopic (exact) mass is 485 g/mol. The highest BCUT2D eigenvalue weighted by Gasteiger charge is 2.26. The molecule has 36 heavy (non-hydrogen) atoms. The van der Waals surface area contributed by atoms with Crippen LogP contribution < -0.4 is 10.6 Å². The van der Waals surface area contributed by atoms with Crippen LogP contribution in [0, 0.1) is 5.95 Å². The smallest absolute Gasteiger partial charge is 0.226 e. The predicted octanol–water partition coefficient (Wildman–Crippen LogP) is 4.66. The molecule has 2 fully saturated rings. The summed E-state index contributed by atoms with van der Waals surface area (Å²) in [5.74, 6) is 0.0493. The van der Waals surface area contributed by atoms with E-state index >= 15 is 4.39 Å². The molecule has 0 aromatic carbocycles. The molecule has 10 heteroatoms. The van der Waals surface area contributed by atoms with Crippen LogP contribution in [0.4, 0.5) is 21.7 Å². The van der Waals surface area contributed by atoms with Gasteiger partial charge in [0.25, 0.3) is 0 Å². The lowest BCUT2D eigenvalue weighted by Gasteiger charge is -2.22. The Labute approximate surface area is 206 Å². The maximum atomic E-state index is 15.0. The molecule has 0 bridgehead atoms. The first-order valence-corrected chi connectivity index (χ1v) is 12.1. The number of anilines is 3. The van der Waals surface area contributed by atoms with Gasteiger partial charge < -0.3 is 15.6 Å². The molecule has 0 spiro atoms. The fraction of sp³-hybridized carbons (Fsp3) is 0.308. The molecule has 3 N–H and O–H groups in total. The van der Waals surface area contributed by atoms with Crippen molar-refractivity contribution in [2.75, 3.05) is 10.6 Å². The van der Waals surface area contributed by atoms with E-state index in [4.69, 9.17) is 0 Å². The first-order chi connectivity index (χ1) is 17.5. The maximum absolute atomic E-state index is 15.0. The third kappa shape index (κ3) is 4.41. The van der Waals surface area contributed by atoms with Crippen LogP contribution in [0.1, 0.15) is 66.1 Å². The van der Waals surface area contributed by atoms with E-state index in [1.54, 1.807) is 12.3 Å². The van der Waals surface area contributed by atoms with E-state index in [0.717, 1.165) is 18.5 Å². The van der Waals surface area contributed by atoms with Crippen LogP contribution in [-0.2, 0) is 4.79 Å². The van der Waals surface area contributed by atoms with Gasteiger partial charge in [-0.25, -0.2) is 15.0 Å². The van der Waals surface area contributed by atoms with Gasteiger partial charge in [-0.15, -0.1) is 0 Å². The molecular formula is C26H24FN7O2. The normalized spacial score (nSPS) is 17.8. The quantitative estimate of drug-likeness (QED) is 0.255. The number of halogens is 1. The molecule has 2 saturated carbocycles. The van der Waals surface area contributed by atoms with E-state index in [-0.39, 0.29) is 28.8 Å². The number of hydrogen-bond acceptors (Lipinski definition) is 8. The number of rotatable bonds is 7. The second-order valence-electron chi connectivity index (χ2n) is 9.36. The van der Waals surface area contributed by atoms with Gasteiger partial charge in [-0.2, -0.15) is 4.39 Å². The van der Waals surface area contributed by atoms with Crippen molar-refractivity contribution in [3.63, 3.8) is 0 Å². The second-order valence-corrected chi connectivity index (χ2v) is 9.36. The molecule has 9 nitrogen and oxygen atoms in total. The standard InChI is InChI=1S/C26H24FN7O2/c27-24-18(7-9-21(34-24)32-16-6-8-20(28-11-16)14-4-5-14)23(36)19-12-29-25-22(19)26(31-13-30-25)33-15-2-1-3-17(35)10-15/h6-9,11-15H,1-5,10H2,(H,32,34)(H2,29,30,31,33). The molecule has 0 saturated heterocycles. The lowest BCUT2D eigenvalue weighted by molar-refractivity contribution is -0.120. The summed E-state index contributed by atoms with van der Waals surface area (Å²) in [5, 5.41) is 6.78. The van der Waals surface area contributed by atoms with Crippen LogP contribution in [0.5, 0.6) is 0 Å². The van der Waals surface area contributed by atoms with Crippen LogP contribution in [0.2, 0.25) is 0 Å². The first-order valence-electron chi connectivity index (χ1n) is 12.1. The average Bonchev–Trinajstić information content (AvgIpc) is 3.63. The highest BCUT2D eigenvalue weighted by atomic mass is 19.1. The zero-order valence-corrected chi connectivity index (χ0v) is 19.4. The van der Waals surface area contributed by atoms with Gasteiger partial charge in [0.15, 0.2) is 5.78 Å². The SMILES string of the molecule is O=C1CCCC(Nc2ncnc3[nH]cc(C(=O)c4ccc(Nc5ccc(C6CC6)nc5)nc4F)c23)C1. The van der Waals surface area contributed by atoms with Crippen molar-refractivity contribution in [3.05, 3.63) is 65.8 Å². The Kier molecular flexibility index (Phi) is 5.63. The summed E-state index contributed by atoms with van der Waals surface area (Å²) in [4.78, 5) is 45.1. The molecule has 4 aromatic rings. The Balaban J connectivity index is 1.24. The van der Waals surface area contributed by atoms with Crippen molar-refractivity contribution >= 4 is 39.9 Å². The summed E-state index contributed by atoms with van der Waals surface area (Å²) in [7, 11) is 0. The number of ketones is 2. The van der Waals surface area contributed by atoms with E-state index in [9.17, 15) is 9.59 Å². The number of carbonyl (C=O) groups excluding carboxylic acids is 2. The van der Waals surface area contributed by atoms with Gasteiger partial charge in [-0.05, 0) is 49.9 Å². The topological polar surface area (TPSA) is 126 Å². The highest BCUT2D eigenvalue weighted by Crippen LogP contribution is 2.39. The van der Waals surface area contributed by atoms with Crippen molar-refractivity contribution in [2.24, 2.45) is 0 Å². The number of Topliss-reactive ketones (excluding diaryl/α,β-unsaturated/α-hetero) is 1. The third-order valence-electron chi connectivity index (χ3n) is 6.69. The Morgan fingerprint density at radius 3 is 2.69 bits per heavy atom. The number of aromatic amines is 1. The average molecular weight is 486 g/mol. The lowest BCUT2D eigenvalue weighted by Crippen LogP contribution is -2.27. The fourth-order valence-electron chi connectivity index (χ4n) is 4.66. The summed E-state index contributed by atoms with van der Waals surface area (Å²) in [6.07, 6.45) is 9.55. The predicted molar refractivity (Wildman–Crippen MR) is 132 cm³/mol. The minimum absolute atomic E-state index is 0.0706. The minimum Gasteiger partial charge on any atom is -0.366 e. The third-order valence-corrected chi connectivity index (χ3v) is 6.69. The van der Waals surface area contributed by atoms with Crippen molar-refractivity contribution in [3.8, 4) is 0 Å². The zero-order chi connectivity index (χ0) is 24.6. The molecule has 0 radical (unpaired) electrons. The van der Waals surface area contributed by atoms with E-state index < -0.39 is 11.7 Å². The summed E-state index contributed by atoms with van der Waals surface area (Å²) in [5.41, 5.74) is 2.28. The van der Waals surface area contributed by atoms with Gasteiger partial charge in [-0.1, -0.05) is 0 Å². The summed E-state index contributed by atoms with van der Waals surface area (Å²) >= 11 is 0. The van der Waals surface area contributed by atoms with Crippen LogP contribution in [-0.4, -0.2) is 42.5 Å². The second kappa shape index (κ2) is 9.10. The number of fused-ring (bicyclic) bond motifs is 1. The molecular weight excluding hydrogens is 461 g/mol. The van der Waals surface area contributed by atoms with E-state index in [1.165, 1.54) is 31.4 Å². The number of aromatic nitrogens is 5. The van der Waals surface area contributed by atoms with E-state index in [2.05, 4.69) is 35.6 Å². The van der Waals surface area contributed by atoms with Crippen LogP contribution >= 0.6 is 0 Å². The van der Waals surface area contributed by atoms with Gasteiger partial charge >= 0.3 is 0 Å². The zero-order valence-electron chi connectivity index (χ0n) is 19.4. The number of nitrogens with zero attached hydrogens (tertiary/aromatic N) is 4. The van der Waals surface area contributed by atoms with Gasteiger partial charge in [0, 0.05) is 36.7 Å². The molecule has 1 atom stereocenters. The number of hydrogen-bond donors (Lipinski definition) is 3. The van der Waals surface area contributed by atoms with Crippen LogP contribution in [0.15, 0.2) is 43.0 Å². The molecule has 182 valence electrons. The van der Waals surface area contributed by atoms with Crippen molar-refractivity contribution < 1.29 is 14.0 Å². The molecule has 0 aliphatic heterocycles. The van der Waals surface area contributed by atoms with Crippen molar-refractivity contribution in [2.45, 2.75) is 50.5 Å². The molecule has 0 amide bonds. The molecule has 1 unspecified atom stereocenters. The first kappa shape index (κ1) is 22.3. The van der Waals surface area contributed by atoms with Gasteiger partial charge in [0.2, 0.25) is 5.95 Å². The van der Waals surface area contributed by atoms with E-state index in [0.29, 0.717) is 41.3 Å². The number of H-pyrrole nitrogens is 1. The molecule has 6 rings (SSSR count). The highest BCUT2D eigenvalue weighted by molar-refractivity contribution is 6.18. The number of nitrogens with one attached hydrogen (secondary N) is 3. The fourth-order valence-corrected chi connectivity index (χ4v) is 4.66. The Morgan fingerprint density at radius 1 is 1.06 bits per heavy atom. The van der Waals surface area contributed by atoms with Gasteiger partial charge in [-0.3, -0.25) is 14.6 Å². The van der Waals surface area contributed by atoms with Crippen molar-refractivity contribution in [1.29, 1.82) is 0 Å². The molecule has 2 aliphatic carbocycles. The molecule has 2 aliphatic rings. The summed E-state index contributed by atoms with van der Waals surface area (Å²) < 4.78 is 15.0. The molecule has 4 heterocycles. The minimum atomic E-state index is -0.883. The van der Waals surface area contributed by atoms with E-state index in [1.807, 2.05) is 12.1 Å². The lowest BCUT2D eigenvalue weighted by atomic mass is 9.94. The van der Waals surface area contributed by atoms with Crippen molar-refractivity contribution in [1.82, 2.24) is 24.9 Å². The number of pyridine rings is 2. The van der Waals surface area contributed by atoms with Gasteiger partial charge in [0.05, 0.1) is 28.4 Å². The Morgan fingerprint density at radius 2 is 1.94 bits per heavy atom. The molecule has 4 aromatic heterocycles. The Bertz CT molecular complexity index is 1460. The van der Waals surface area contributed by atoms with Crippen LogP contribution in [0.25, 0.3) is 11.0 Å². The maximum Gasteiger partial charge on any atom is 0.226 e.